The molecule has 0 spiro atoms. The van der Waals surface area contributed by atoms with Gasteiger partial charge in [-0.1, -0.05) is 35.5 Å². The lowest BCUT2D eigenvalue weighted by molar-refractivity contribution is 0.393. The molecule has 0 atom stereocenters. The van der Waals surface area contributed by atoms with Crippen molar-refractivity contribution in [2.75, 3.05) is 11.0 Å². The molecular weight excluding hydrogens is 354 g/mol. The van der Waals surface area contributed by atoms with Crippen molar-refractivity contribution in [3.8, 4) is 11.1 Å². The molecule has 0 aliphatic carbocycles. The molecule has 1 N–H and O–H groups in total. The summed E-state index contributed by atoms with van der Waals surface area (Å²) in [6.45, 7) is 3.88. The molecule has 8 heteroatoms. The molecule has 0 amide bonds. The van der Waals surface area contributed by atoms with Crippen molar-refractivity contribution in [2.24, 2.45) is 0 Å². The summed E-state index contributed by atoms with van der Waals surface area (Å²) in [7, 11) is -3.60. The summed E-state index contributed by atoms with van der Waals surface area (Å²) in [4.78, 5) is 12.7. The lowest BCUT2D eigenvalue weighted by atomic mass is 10.1. The van der Waals surface area contributed by atoms with Crippen molar-refractivity contribution in [1.82, 2.24) is 9.72 Å². The second kappa shape index (κ2) is 6.80. The van der Waals surface area contributed by atoms with E-state index < -0.39 is 15.6 Å². The Morgan fingerprint density at radius 2 is 1.88 bits per heavy atom. The van der Waals surface area contributed by atoms with Crippen LogP contribution in [-0.2, 0) is 16.6 Å². The second-order valence-electron chi connectivity index (χ2n) is 6.13. The van der Waals surface area contributed by atoms with Gasteiger partial charge in [0.2, 0.25) is 10.0 Å². The maximum Gasteiger partial charge on any atom is 0.275 e. The first-order chi connectivity index (χ1) is 12.2. The average Bonchev–Trinajstić information content (AvgIpc) is 2.90. The number of rotatable bonds is 5. The van der Waals surface area contributed by atoms with Gasteiger partial charge in [0.1, 0.15) is 11.4 Å². The molecule has 1 aromatic carbocycles. The van der Waals surface area contributed by atoms with Gasteiger partial charge in [0, 0.05) is 17.3 Å². The molecule has 0 saturated heterocycles. The number of hydrogen-bond acceptors (Lipinski definition) is 5. The number of anilines is 1. The highest BCUT2D eigenvalue weighted by Gasteiger charge is 2.17. The van der Waals surface area contributed by atoms with Crippen LogP contribution in [0.15, 0.2) is 51.9 Å². The standard InChI is InChI=1S/C18H19N3O4S/c1-12-17(13(2)25-19-12)15-9-16(20-26(3,23)24)18(22)21(11-15)10-14-7-5-4-6-8-14/h4-9,11,20H,10H2,1-3H3. The highest BCUT2D eigenvalue weighted by Crippen LogP contribution is 2.28. The van der Waals surface area contributed by atoms with Gasteiger partial charge in [0.25, 0.3) is 5.56 Å². The van der Waals surface area contributed by atoms with Gasteiger partial charge < -0.3 is 9.09 Å². The third-order valence-corrected chi connectivity index (χ3v) is 4.49. The van der Waals surface area contributed by atoms with Crippen LogP contribution in [0.25, 0.3) is 11.1 Å². The minimum absolute atomic E-state index is 0.0130. The molecule has 0 saturated carbocycles. The van der Waals surface area contributed by atoms with Crippen molar-refractivity contribution in [2.45, 2.75) is 20.4 Å². The Balaban J connectivity index is 2.18. The van der Waals surface area contributed by atoms with Gasteiger partial charge in [0.05, 0.1) is 18.5 Å². The van der Waals surface area contributed by atoms with Gasteiger partial charge >= 0.3 is 0 Å². The van der Waals surface area contributed by atoms with E-state index in [0.29, 0.717) is 23.6 Å². The molecule has 0 unspecified atom stereocenters. The van der Waals surface area contributed by atoms with Gasteiger partial charge in [-0.3, -0.25) is 9.52 Å². The number of aromatic nitrogens is 2. The number of aryl methyl sites for hydroxylation is 2. The molecule has 0 aliphatic rings. The van der Waals surface area contributed by atoms with Gasteiger partial charge in [-0.05, 0) is 25.5 Å². The molecule has 136 valence electrons. The van der Waals surface area contributed by atoms with Crippen LogP contribution >= 0.6 is 0 Å². The number of hydrogen-bond donors (Lipinski definition) is 1. The Bertz CT molecular complexity index is 1080. The summed E-state index contributed by atoms with van der Waals surface area (Å²) < 4.78 is 32.3. The number of benzene rings is 1. The third-order valence-electron chi connectivity index (χ3n) is 3.90. The van der Waals surface area contributed by atoms with Crippen LogP contribution in [0, 0.1) is 13.8 Å². The van der Waals surface area contributed by atoms with E-state index in [1.807, 2.05) is 30.3 Å². The zero-order valence-electron chi connectivity index (χ0n) is 14.7. The first-order valence-electron chi connectivity index (χ1n) is 7.94. The summed E-state index contributed by atoms with van der Waals surface area (Å²) in [5, 5.41) is 3.93. The van der Waals surface area contributed by atoms with E-state index in [2.05, 4.69) is 9.88 Å². The van der Waals surface area contributed by atoms with E-state index in [4.69, 9.17) is 4.52 Å². The monoisotopic (exact) mass is 373 g/mol. The smallest absolute Gasteiger partial charge is 0.275 e. The Kier molecular flexibility index (Phi) is 4.69. The highest BCUT2D eigenvalue weighted by molar-refractivity contribution is 7.92. The molecule has 2 heterocycles. The van der Waals surface area contributed by atoms with E-state index in [1.54, 1.807) is 20.0 Å². The zero-order valence-corrected chi connectivity index (χ0v) is 15.5. The largest absolute Gasteiger partial charge is 0.361 e. The lowest BCUT2D eigenvalue weighted by Gasteiger charge is -2.13. The topological polar surface area (TPSA) is 94.2 Å². The molecular formula is C18H19N3O4S. The fourth-order valence-corrected chi connectivity index (χ4v) is 3.38. The Morgan fingerprint density at radius 3 is 2.46 bits per heavy atom. The first kappa shape index (κ1) is 17.9. The van der Waals surface area contributed by atoms with Crippen LogP contribution < -0.4 is 10.3 Å². The number of nitrogens with one attached hydrogen (secondary N) is 1. The van der Waals surface area contributed by atoms with Crippen molar-refractivity contribution in [3.63, 3.8) is 0 Å². The molecule has 0 aliphatic heterocycles. The molecule has 0 bridgehead atoms. The van der Waals surface area contributed by atoms with E-state index in [9.17, 15) is 13.2 Å². The van der Waals surface area contributed by atoms with Crippen molar-refractivity contribution in [1.29, 1.82) is 0 Å². The minimum Gasteiger partial charge on any atom is -0.361 e. The molecule has 2 aromatic heterocycles. The normalized spacial score (nSPS) is 11.5. The molecule has 3 aromatic rings. The van der Waals surface area contributed by atoms with Crippen molar-refractivity contribution >= 4 is 15.7 Å². The summed E-state index contributed by atoms with van der Waals surface area (Å²) in [5.41, 5.74) is 2.55. The Labute approximate surface area is 151 Å². The van der Waals surface area contributed by atoms with E-state index in [-0.39, 0.29) is 5.69 Å². The van der Waals surface area contributed by atoms with Gasteiger partial charge in [-0.15, -0.1) is 0 Å². The number of nitrogens with zero attached hydrogens (tertiary/aromatic N) is 2. The maximum atomic E-state index is 12.7. The predicted octanol–water partition coefficient (Wildman–Crippen LogP) is 2.54. The zero-order chi connectivity index (χ0) is 18.9. The Morgan fingerprint density at radius 1 is 1.19 bits per heavy atom. The van der Waals surface area contributed by atoms with E-state index in [0.717, 1.165) is 17.4 Å². The quantitative estimate of drug-likeness (QED) is 0.742. The molecule has 26 heavy (non-hydrogen) atoms. The van der Waals surface area contributed by atoms with Gasteiger partial charge in [0.15, 0.2) is 0 Å². The van der Waals surface area contributed by atoms with Crippen LogP contribution in [-0.4, -0.2) is 24.4 Å². The van der Waals surface area contributed by atoms with Crippen LogP contribution in [0.1, 0.15) is 17.0 Å². The fourth-order valence-electron chi connectivity index (χ4n) is 2.84. The SMILES string of the molecule is Cc1noc(C)c1-c1cc(NS(C)(=O)=O)c(=O)n(Cc2ccccc2)c1. The summed E-state index contributed by atoms with van der Waals surface area (Å²) >= 11 is 0. The second-order valence-corrected chi connectivity index (χ2v) is 7.88. The fraction of sp³-hybridized carbons (Fsp3) is 0.222. The van der Waals surface area contributed by atoms with E-state index in [1.165, 1.54) is 10.6 Å². The minimum atomic E-state index is -3.60. The van der Waals surface area contributed by atoms with Crippen LogP contribution in [0.4, 0.5) is 5.69 Å². The van der Waals surface area contributed by atoms with Crippen LogP contribution in [0.2, 0.25) is 0 Å². The summed E-state index contributed by atoms with van der Waals surface area (Å²) in [5.74, 6) is 0.595. The summed E-state index contributed by atoms with van der Waals surface area (Å²) in [6.07, 6.45) is 2.70. The van der Waals surface area contributed by atoms with Gasteiger partial charge in [-0.25, -0.2) is 8.42 Å². The third kappa shape index (κ3) is 3.85. The highest BCUT2D eigenvalue weighted by atomic mass is 32.2. The van der Waals surface area contributed by atoms with Crippen molar-refractivity contribution in [3.05, 3.63) is 70.0 Å². The van der Waals surface area contributed by atoms with Crippen LogP contribution in [0.3, 0.4) is 0 Å². The molecule has 3 rings (SSSR count). The molecule has 7 nitrogen and oxygen atoms in total. The molecule has 0 radical (unpaired) electrons. The van der Waals surface area contributed by atoms with Crippen molar-refractivity contribution < 1.29 is 12.9 Å². The Hall–Kier alpha value is -2.87. The predicted molar refractivity (Wildman–Crippen MR) is 99.7 cm³/mol. The van der Waals surface area contributed by atoms with E-state index >= 15 is 0 Å². The summed E-state index contributed by atoms with van der Waals surface area (Å²) in [6, 6.07) is 11.0. The lowest BCUT2D eigenvalue weighted by Crippen LogP contribution is -2.26. The maximum absolute atomic E-state index is 12.7. The van der Waals surface area contributed by atoms with Gasteiger partial charge in [-0.2, -0.15) is 0 Å². The number of pyridine rings is 1. The molecule has 0 fully saturated rings. The first-order valence-corrected chi connectivity index (χ1v) is 9.83. The van der Waals surface area contributed by atoms with Crippen LogP contribution in [0.5, 0.6) is 0 Å². The average molecular weight is 373 g/mol. The number of sulfonamides is 1.